The molecule has 0 saturated carbocycles. The van der Waals surface area contributed by atoms with E-state index in [0.29, 0.717) is 13.1 Å². The molecule has 2 aromatic carbocycles. The standard InChI is InChI=1S/C23H27N3O5/c27-15-19(24-22(28)13-17-4-2-1-3-5-17)23(29)26-10-8-25(9-11-26)14-18-6-7-20-21(12-18)31-16-30-20/h1-7,12,19,27H,8-11,13-16H2,(H,24,28). The van der Waals surface area contributed by atoms with Crippen molar-refractivity contribution in [3.63, 3.8) is 0 Å². The molecular formula is C23H27N3O5. The minimum atomic E-state index is -0.920. The predicted molar refractivity (Wildman–Crippen MR) is 114 cm³/mol. The molecule has 2 aliphatic heterocycles. The molecule has 1 unspecified atom stereocenters. The van der Waals surface area contributed by atoms with E-state index in [2.05, 4.69) is 10.2 Å². The normalized spacial score (nSPS) is 16.7. The quantitative estimate of drug-likeness (QED) is 0.681. The maximum Gasteiger partial charge on any atom is 0.247 e. The number of carbonyl (C=O) groups is 2. The van der Waals surface area contributed by atoms with Gasteiger partial charge in [0.25, 0.3) is 0 Å². The van der Waals surface area contributed by atoms with Gasteiger partial charge in [-0.05, 0) is 23.3 Å². The first kappa shape index (κ1) is 21.1. The fourth-order valence-corrected chi connectivity index (χ4v) is 3.86. The van der Waals surface area contributed by atoms with Gasteiger partial charge < -0.3 is 24.8 Å². The van der Waals surface area contributed by atoms with E-state index in [9.17, 15) is 14.7 Å². The number of amides is 2. The van der Waals surface area contributed by atoms with E-state index in [1.807, 2.05) is 48.5 Å². The Balaban J connectivity index is 1.26. The maximum absolute atomic E-state index is 12.8. The van der Waals surface area contributed by atoms with Gasteiger partial charge in [-0.25, -0.2) is 0 Å². The molecule has 1 atom stereocenters. The molecular weight excluding hydrogens is 398 g/mol. The van der Waals surface area contributed by atoms with E-state index in [-0.39, 0.29) is 25.0 Å². The summed E-state index contributed by atoms with van der Waals surface area (Å²) in [5.41, 5.74) is 1.99. The zero-order chi connectivity index (χ0) is 21.6. The number of rotatable bonds is 7. The average Bonchev–Trinajstić information content (AvgIpc) is 3.26. The van der Waals surface area contributed by atoms with Gasteiger partial charge in [0.15, 0.2) is 11.5 Å². The van der Waals surface area contributed by atoms with E-state index in [0.717, 1.165) is 42.3 Å². The van der Waals surface area contributed by atoms with Gasteiger partial charge in [-0.15, -0.1) is 0 Å². The van der Waals surface area contributed by atoms with Crippen LogP contribution in [0.2, 0.25) is 0 Å². The van der Waals surface area contributed by atoms with Crippen LogP contribution in [0.5, 0.6) is 11.5 Å². The molecule has 31 heavy (non-hydrogen) atoms. The lowest BCUT2D eigenvalue weighted by Crippen LogP contribution is -2.56. The molecule has 1 fully saturated rings. The van der Waals surface area contributed by atoms with Gasteiger partial charge >= 0.3 is 0 Å². The van der Waals surface area contributed by atoms with Crippen molar-refractivity contribution < 1.29 is 24.2 Å². The molecule has 0 bridgehead atoms. The van der Waals surface area contributed by atoms with Crippen molar-refractivity contribution in [3.8, 4) is 11.5 Å². The predicted octanol–water partition coefficient (Wildman–Crippen LogP) is 0.779. The number of nitrogens with zero attached hydrogens (tertiary/aromatic N) is 2. The van der Waals surface area contributed by atoms with Gasteiger partial charge in [0.1, 0.15) is 6.04 Å². The molecule has 8 heteroatoms. The molecule has 2 aromatic rings. The first-order chi connectivity index (χ1) is 15.1. The van der Waals surface area contributed by atoms with Crippen molar-refractivity contribution in [2.45, 2.75) is 19.0 Å². The SMILES string of the molecule is O=C(Cc1ccccc1)NC(CO)C(=O)N1CCN(Cc2ccc3c(c2)OCO3)CC1. The summed E-state index contributed by atoms with van der Waals surface area (Å²) in [6, 6.07) is 14.3. The molecule has 0 aromatic heterocycles. The molecule has 0 aliphatic carbocycles. The van der Waals surface area contributed by atoms with Crippen molar-refractivity contribution in [1.82, 2.24) is 15.1 Å². The summed E-state index contributed by atoms with van der Waals surface area (Å²) in [5.74, 6) is 1.01. The third-order valence-corrected chi connectivity index (χ3v) is 5.55. The zero-order valence-corrected chi connectivity index (χ0v) is 17.3. The number of hydrogen-bond donors (Lipinski definition) is 2. The molecule has 164 valence electrons. The van der Waals surface area contributed by atoms with Crippen LogP contribution in [-0.4, -0.2) is 72.3 Å². The number of fused-ring (bicyclic) bond motifs is 1. The summed E-state index contributed by atoms with van der Waals surface area (Å²) < 4.78 is 10.8. The van der Waals surface area contributed by atoms with Gasteiger partial charge in [0.05, 0.1) is 13.0 Å². The van der Waals surface area contributed by atoms with Crippen LogP contribution in [0.15, 0.2) is 48.5 Å². The third kappa shape index (κ3) is 5.34. The maximum atomic E-state index is 12.8. The number of ether oxygens (including phenoxy) is 2. The Hall–Kier alpha value is -3.10. The smallest absolute Gasteiger partial charge is 0.247 e. The molecule has 2 aliphatic rings. The largest absolute Gasteiger partial charge is 0.454 e. The first-order valence-electron chi connectivity index (χ1n) is 10.5. The number of aliphatic hydroxyl groups is 1. The number of nitrogens with one attached hydrogen (secondary N) is 1. The number of hydrogen-bond acceptors (Lipinski definition) is 6. The van der Waals surface area contributed by atoms with Crippen molar-refractivity contribution in [2.24, 2.45) is 0 Å². The Labute approximate surface area is 181 Å². The Kier molecular flexibility index (Phi) is 6.69. The minimum Gasteiger partial charge on any atom is -0.454 e. The van der Waals surface area contributed by atoms with Crippen LogP contribution in [0.3, 0.4) is 0 Å². The van der Waals surface area contributed by atoms with E-state index in [1.165, 1.54) is 0 Å². The van der Waals surface area contributed by atoms with Crippen molar-refractivity contribution >= 4 is 11.8 Å². The highest BCUT2D eigenvalue weighted by Crippen LogP contribution is 2.32. The van der Waals surface area contributed by atoms with Gasteiger partial charge in [-0.2, -0.15) is 0 Å². The number of benzene rings is 2. The van der Waals surface area contributed by atoms with Crippen molar-refractivity contribution in [2.75, 3.05) is 39.6 Å². The topological polar surface area (TPSA) is 91.3 Å². The fourth-order valence-electron chi connectivity index (χ4n) is 3.86. The van der Waals surface area contributed by atoms with Crippen LogP contribution in [0, 0.1) is 0 Å². The third-order valence-electron chi connectivity index (χ3n) is 5.55. The Morgan fingerprint density at radius 1 is 0.968 bits per heavy atom. The number of carbonyl (C=O) groups excluding carboxylic acids is 2. The molecule has 2 N–H and O–H groups in total. The van der Waals surface area contributed by atoms with Crippen molar-refractivity contribution in [1.29, 1.82) is 0 Å². The summed E-state index contributed by atoms with van der Waals surface area (Å²) in [6.45, 7) is 3.13. The lowest BCUT2D eigenvalue weighted by atomic mass is 10.1. The highest BCUT2D eigenvalue weighted by molar-refractivity contribution is 5.88. The lowest BCUT2D eigenvalue weighted by molar-refractivity contribution is -0.139. The second-order valence-corrected chi connectivity index (χ2v) is 7.75. The Morgan fingerprint density at radius 2 is 1.71 bits per heavy atom. The number of piperazine rings is 1. The van der Waals surface area contributed by atoms with Crippen LogP contribution in [0.25, 0.3) is 0 Å². The van der Waals surface area contributed by atoms with E-state index < -0.39 is 12.6 Å². The average molecular weight is 425 g/mol. The van der Waals surface area contributed by atoms with Gasteiger partial charge in [0.2, 0.25) is 18.6 Å². The highest BCUT2D eigenvalue weighted by Gasteiger charge is 2.28. The van der Waals surface area contributed by atoms with Crippen LogP contribution < -0.4 is 14.8 Å². The van der Waals surface area contributed by atoms with Crippen LogP contribution in [-0.2, 0) is 22.6 Å². The molecule has 0 spiro atoms. The monoisotopic (exact) mass is 425 g/mol. The fraction of sp³-hybridized carbons (Fsp3) is 0.391. The summed E-state index contributed by atoms with van der Waals surface area (Å²) in [5, 5.41) is 12.3. The first-order valence-corrected chi connectivity index (χ1v) is 10.5. The van der Waals surface area contributed by atoms with E-state index in [4.69, 9.17) is 9.47 Å². The van der Waals surface area contributed by atoms with E-state index >= 15 is 0 Å². The van der Waals surface area contributed by atoms with Crippen LogP contribution >= 0.6 is 0 Å². The second kappa shape index (κ2) is 9.80. The molecule has 1 saturated heterocycles. The highest BCUT2D eigenvalue weighted by atomic mass is 16.7. The van der Waals surface area contributed by atoms with Crippen molar-refractivity contribution in [3.05, 3.63) is 59.7 Å². The Bertz CT molecular complexity index is 913. The van der Waals surface area contributed by atoms with Gasteiger partial charge in [-0.1, -0.05) is 36.4 Å². The zero-order valence-electron chi connectivity index (χ0n) is 17.3. The Morgan fingerprint density at radius 3 is 2.45 bits per heavy atom. The summed E-state index contributed by atoms with van der Waals surface area (Å²) in [7, 11) is 0. The molecule has 0 radical (unpaired) electrons. The number of aliphatic hydroxyl groups excluding tert-OH is 1. The molecule has 2 heterocycles. The van der Waals surface area contributed by atoms with E-state index in [1.54, 1.807) is 4.90 Å². The minimum absolute atomic E-state index is 0.175. The molecule has 4 rings (SSSR count). The second-order valence-electron chi connectivity index (χ2n) is 7.75. The molecule has 8 nitrogen and oxygen atoms in total. The summed E-state index contributed by atoms with van der Waals surface area (Å²) in [6.07, 6.45) is 0.175. The van der Waals surface area contributed by atoms with Gasteiger partial charge in [0, 0.05) is 32.7 Å². The summed E-state index contributed by atoms with van der Waals surface area (Å²) in [4.78, 5) is 29.1. The summed E-state index contributed by atoms with van der Waals surface area (Å²) >= 11 is 0. The van der Waals surface area contributed by atoms with Crippen LogP contribution in [0.4, 0.5) is 0 Å². The molecule has 2 amide bonds. The van der Waals surface area contributed by atoms with Gasteiger partial charge in [-0.3, -0.25) is 14.5 Å². The van der Waals surface area contributed by atoms with Crippen LogP contribution in [0.1, 0.15) is 11.1 Å². The lowest BCUT2D eigenvalue weighted by Gasteiger charge is -2.36.